The molecule has 1 heterocycles. The van der Waals surface area contributed by atoms with Gasteiger partial charge in [-0.25, -0.2) is 0 Å². The molecule has 0 bridgehead atoms. The molecule has 1 aliphatic rings. The molecule has 0 spiro atoms. The van der Waals surface area contributed by atoms with Crippen molar-refractivity contribution < 1.29 is 0 Å². The summed E-state index contributed by atoms with van der Waals surface area (Å²) in [4.78, 5) is 2.70. The third-order valence-electron chi connectivity index (χ3n) is 3.61. The zero-order chi connectivity index (χ0) is 13.1. The molecule has 0 aromatic rings. The Morgan fingerprint density at radius 3 is 2.53 bits per heavy atom. The quantitative estimate of drug-likeness (QED) is 0.781. The number of hydrogen-bond acceptors (Lipinski definition) is 3. The molecule has 17 heavy (non-hydrogen) atoms. The van der Waals surface area contributed by atoms with E-state index in [4.69, 9.17) is 0 Å². The van der Waals surface area contributed by atoms with Crippen molar-refractivity contribution in [3.05, 3.63) is 0 Å². The Bertz CT molecular complexity index is 233. The molecule has 0 aromatic carbocycles. The molecule has 1 fully saturated rings. The highest BCUT2D eigenvalue weighted by Gasteiger charge is 2.37. The number of nitrogens with one attached hydrogen (secondary N) is 1. The maximum Gasteiger partial charge on any atom is 0.0270 e. The predicted octanol–water partition coefficient (Wildman–Crippen LogP) is 2.84. The van der Waals surface area contributed by atoms with Gasteiger partial charge in [-0.3, -0.25) is 4.90 Å². The van der Waals surface area contributed by atoms with E-state index < -0.39 is 0 Å². The molecule has 3 heteroatoms. The molecule has 1 atom stereocenters. The van der Waals surface area contributed by atoms with Gasteiger partial charge in [0.05, 0.1) is 0 Å². The van der Waals surface area contributed by atoms with Crippen LogP contribution in [0.25, 0.3) is 0 Å². The van der Waals surface area contributed by atoms with Crippen molar-refractivity contribution in [2.75, 3.05) is 31.6 Å². The van der Waals surface area contributed by atoms with Crippen LogP contribution in [-0.4, -0.2) is 48.1 Å². The second-order valence-corrected chi connectivity index (χ2v) is 7.95. The second-order valence-electron chi connectivity index (χ2n) is 6.96. The summed E-state index contributed by atoms with van der Waals surface area (Å²) in [5, 5.41) is 3.69. The van der Waals surface area contributed by atoms with Gasteiger partial charge in [0.15, 0.2) is 0 Å². The standard InChI is InChI=1S/C14H30N2S/c1-13(2,3)12-10-15-14(4,5)11-16(12)8-7-9-17-6/h12,15H,7-11H2,1-6H3. The summed E-state index contributed by atoms with van der Waals surface area (Å²) in [6.07, 6.45) is 3.51. The van der Waals surface area contributed by atoms with Crippen LogP contribution in [0.2, 0.25) is 0 Å². The number of rotatable bonds is 4. The zero-order valence-electron chi connectivity index (χ0n) is 12.5. The summed E-state index contributed by atoms with van der Waals surface area (Å²) in [5.74, 6) is 1.28. The summed E-state index contributed by atoms with van der Waals surface area (Å²) < 4.78 is 0. The van der Waals surface area contributed by atoms with E-state index in [1.165, 1.54) is 25.3 Å². The van der Waals surface area contributed by atoms with Crippen molar-refractivity contribution in [3.63, 3.8) is 0 Å². The minimum atomic E-state index is 0.265. The number of hydrogen-bond donors (Lipinski definition) is 1. The maximum atomic E-state index is 3.69. The van der Waals surface area contributed by atoms with Gasteiger partial charge in [-0.05, 0) is 44.2 Å². The van der Waals surface area contributed by atoms with Crippen LogP contribution < -0.4 is 5.32 Å². The molecule has 1 saturated heterocycles. The average Bonchev–Trinajstić information content (AvgIpc) is 2.14. The highest BCUT2D eigenvalue weighted by atomic mass is 32.2. The number of piperazine rings is 1. The van der Waals surface area contributed by atoms with E-state index in [1.54, 1.807) is 0 Å². The van der Waals surface area contributed by atoms with E-state index in [2.05, 4.69) is 51.1 Å². The first-order valence-corrected chi connectivity index (χ1v) is 8.14. The first-order valence-electron chi connectivity index (χ1n) is 6.74. The number of nitrogens with zero attached hydrogens (tertiary/aromatic N) is 1. The van der Waals surface area contributed by atoms with E-state index in [0.29, 0.717) is 11.5 Å². The van der Waals surface area contributed by atoms with Crippen LogP contribution in [0.15, 0.2) is 0 Å². The monoisotopic (exact) mass is 258 g/mol. The minimum absolute atomic E-state index is 0.265. The van der Waals surface area contributed by atoms with Crippen LogP contribution in [0.1, 0.15) is 41.0 Å². The molecule has 0 amide bonds. The van der Waals surface area contributed by atoms with Gasteiger partial charge in [-0.2, -0.15) is 11.8 Å². The van der Waals surface area contributed by atoms with Crippen molar-refractivity contribution in [1.29, 1.82) is 0 Å². The Morgan fingerprint density at radius 2 is 2.00 bits per heavy atom. The van der Waals surface area contributed by atoms with Crippen molar-refractivity contribution in [3.8, 4) is 0 Å². The van der Waals surface area contributed by atoms with Crippen LogP contribution in [0, 0.1) is 5.41 Å². The normalized spacial score (nSPS) is 26.1. The molecule has 0 saturated carbocycles. The first kappa shape index (κ1) is 15.3. The van der Waals surface area contributed by atoms with Crippen LogP contribution in [0.4, 0.5) is 0 Å². The third-order valence-corrected chi connectivity index (χ3v) is 4.30. The van der Waals surface area contributed by atoms with Gasteiger partial charge in [0.2, 0.25) is 0 Å². The lowest BCUT2D eigenvalue weighted by molar-refractivity contribution is 0.0336. The molecular weight excluding hydrogens is 228 g/mol. The molecule has 102 valence electrons. The Hall–Kier alpha value is 0.270. The smallest absolute Gasteiger partial charge is 0.0270 e. The fraction of sp³-hybridized carbons (Fsp3) is 1.00. The highest BCUT2D eigenvalue weighted by Crippen LogP contribution is 2.28. The van der Waals surface area contributed by atoms with Gasteiger partial charge < -0.3 is 5.32 Å². The van der Waals surface area contributed by atoms with Gasteiger partial charge >= 0.3 is 0 Å². The van der Waals surface area contributed by atoms with Gasteiger partial charge in [-0.1, -0.05) is 20.8 Å². The summed E-state index contributed by atoms with van der Waals surface area (Å²) >= 11 is 1.96. The summed E-state index contributed by atoms with van der Waals surface area (Å²) in [6, 6.07) is 0.664. The molecular formula is C14H30N2S. The summed E-state index contributed by atoms with van der Waals surface area (Å²) in [5.41, 5.74) is 0.629. The van der Waals surface area contributed by atoms with Crippen LogP contribution in [-0.2, 0) is 0 Å². The Balaban J connectivity index is 2.62. The van der Waals surface area contributed by atoms with Crippen molar-refractivity contribution in [1.82, 2.24) is 10.2 Å². The van der Waals surface area contributed by atoms with E-state index in [-0.39, 0.29) is 5.54 Å². The van der Waals surface area contributed by atoms with E-state index in [1.807, 2.05) is 11.8 Å². The van der Waals surface area contributed by atoms with E-state index >= 15 is 0 Å². The predicted molar refractivity (Wildman–Crippen MR) is 79.9 cm³/mol. The highest BCUT2D eigenvalue weighted by molar-refractivity contribution is 7.98. The zero-order valence-corrected chi connectivity index (χ0v) is 13.3. The third kappa shape index (κ3) is 4.80. The van der Waals surface area contributed by atoms with E-state index in [0.717, 1.165) is 6.54 Å². The minimum Gasteiger partial charge on any atom is -0.309 e. The molecule has 1 N–H and O–H groups in total. The van der Waals surface area contributed by atoms with Crippen LogP contribution in [0.3, 0.4) is 0 Å². The largest absolute Gasteiger partial charge is 0.309 e. The maximum absolute atomic E-state index is 3.69. The van der Waals surface area contributed by atoms with Crippen molar-refractivity contribution in [2.45, 2.75) is 52.6 Å². The van der Waals surface area contributed by atoms with Crippen LogP contribution in [0.5, 0.6) is 0 Å². The molecule has 2 nitrogen and oxygen atoms in total. The van der Waals surface area contributed by atoms with E-state index in [9.17, 15) is 0 Å². The average molecular weight is 258 g/mol. The lowest BCUT2D eigenvalue weighted by atomic mass is 9.82. The first-order chi connectivity index (χ1) is 7.76. The Kier molecular flexibility index (Phi) is 5.36. The van der Waals surface area contributed by atoms with Gasteiger partial charge in [0.1, 0.15) is 0 Å². The molecule has 0 aliphatic carbocycles. The van der Waals surface area contributed by atoms with Gasteiger partial charge in [-0.15, -0.1) is 0 Å². The van der Waals surface area contributed by atoms with Crippen molar-refractivity contribution >= 4 is 11.8 Å². The molecule has 1 aliphatic heterocycles. The molecule has 1 rings (SSSR count). The molecule has 0 radical (unpaired) electrons. The SMILES string of the molecule is CSCCCN1CC(C)(C)NCC1C(C)(C)C. The van der Waals surface area contributed by atoms with Gasteiger partial charge in [0, 0.05) is 24.7 Å². The molecule has 1 unspecified atom stereocenters. The topological polar surface area (TPSA) is 15.3 Å². The summed E-state index contributed by atoms with van der Waals surface area (Å²) in [7, 11) is 0. The summed E-state index contributed by atoms with van der Waals surface area (Å²) in [6.45, 7) is 15.2. The van der Waals surface area contributed by atoms with Gasteiger partial charge in [0.25, 0.3) is 0 Å². The fourth-order valence-electron chi connectivity index (χ4n) is 2.68. The number of thioether (sulfide) groups is 1. The molecule has 0 aromatic heterocycles. The Labute approximate surface area is 112 Å². The Morgan fingerprint density at radius 1 is 1.35 bits per heavy atom. The fourth-order valence-corrected chi connectivity index (χ4v) is 3.09. The second kappa shape index (κ2) is 5.94. The van der Waals surface area contributed by atoms with Crippen LogP contribution >= 0.6 is 11.8 Å². The lowest BCUT2D eigenvalue weighted by Crippen LogP contribution is -2.64. The lowest BCUT2D eigenvalue weighted by Gasteiger charge is -2.49. The van der Waals surface area contributed by atoms with Crippen molar-refractivity contribution in [2.24, 2.45) is 5.41 Å².